The van der Waals surface area contributed by atoms with Gasteiger partial charge in [-0.2, -0.15) is 5.10 Å². The molecule has 3 aliphatic rings. The third-order valence-corrected chi connectivity index (χ3v) is 7.32. The Morgan fingerprint density at radius 2 is 1.50 bits per heavy atom. The minimum atomic E-state index is -0.337. The molecule has 4 heteroatoms. The lowest BCUT2D eigenvalue weighted by molar-refractivity contribution is -0.149. The first-order valence-corrected chi connectivity index (χ1v) is 11.8. The molecular weight excluding hydrogens is 394 g/mol. The maximum atomic E-state index is 6.72. The Morgan fingerprint density at radius 1 is 0.844 bits per heavy atom. The van der Waals surface area contributed by atoms with Crippen LogP contribution >= 0.6 is 0 Å². The molecule has 0 bridgehead atoms. The number of hydrazone groups is 1. The molecule has 4 nitrogen and oxygen atoms in total. The van der Waals surface area contributed by atoms with Crippen molar-refractivity contribution in [1.29, 1.82) is 0 Å². The van der Waals surface area contributed by atoms with E-state index in [1.165, 1.54) is 22.3 Å². The molecule has 0 saturated carbocycles. The van der Waals surface area contributed by atoms with Crippen LogP contribution in [-0.2, 0) is 0 Å². The topological polar surface area (TPSA) is 28.1 Å². The molecule has 1 unspecified atom stereocenters. The van der Waals surface area contributed by atoms with Gasteiger partial charge < -0.3 is 9.64 Å². The van der Waals surface area contributed by atoms with Crippen LogP contribution in [0.2, 0.25) is 0 Å². The maximum Gasteiger partial charge on any atom is 0.200 e. The van der Waals surface area contributed by atoms with E-state index in [1.807, 2.05) is 0 Å². The molecule has 0 aliphatic carbocycles. The number of rotatable bonds is 3. The Bertz CT molecular complexity index is 1130. The summed E-state index contributed by atoms with van der Waals surface area (Å²) in [7, 11) is 0. The second kappa shape index (κ2) is 7.79. The first kappa shape index (κ1) is 19.6. The molecule has 0 radical (unpaired) electrons. The summed E-state index contributed by atoms with van der Waals surface area (Å²) in [4.78, 5) is 2.51. The lowest BCUT2D eigenvalue weighted by Crippen LogP contribution is -2.59. The van der Waals surface area contributed by atoms with Crippen LogP contribution in [0.1, 0.15) is 43.4 Å². The summed E-state index contributed by atoms with van der Waals surface area (Å²) in [5.74, 6) is 1.04. The molecule has 1 atom stereocenters. The standard InChI is InChI=1S/C28H29N3O/c1-2-30-18-16-28(17-19-30)31-26(24-10-6-7-11-27(24)32-28)20-25(29-31)23-14-12-22(13-15-23)21-8-4-3-5-9-21/h3-15,26H,2,16-20H2,1H3. The van der Waals surface area contributed by atoms with E-state index >= 15 is 0 Å². The number of hydrogen-bond donors (Lipinski definition) is 0. The van der Waals surface area contributed by atoms with Gasteiger partial charge in [0.05, 0.1) is 11.8 Å². The number of ether oxygens (including phenoxy) is 1. The molecule has 0 N–H and O–H groups in total. The molecule has 3 heterocycles. The molecule has 1 saturated heterocycles. The minimum absolute atomic E-state index is 0.247. The van der Waals surface area contributed by atoms with Crippen LogP contribution in [-0.4, -0.2) is 41.0 Å². The molecule has 162 valence electrons. The van der Waals surface area contributed by atoms with Crippen LogP contribution in [0.15, 0.2) is 84.0 Å². The van der Waals surface area contributed by atoms with E-state index in [-0.39, 0.29) is 11.8 Å². The van der Waals surface area contributed by atoms with Gasteiger partial charge in [-0.25, -0.2) is 5.01 Å². The van der Waals surface area contributed by atoms with Crippen molar-refractivity contribution in [3.05, 3.63) is 90.0 Å². The van der Waals surface area contributed by atoms with Gasteiger partial charge in [0.1, 0.15) is 5.75 Å². The predicted octanol–water partition coefficient (Wildman–Crippen LogP) is 5.71. The van der Waals surface area contributed by atoms with Gasteiger partial charge in [0, 0.05) is 37.9 Å². The van der Waals surface area contributed by atoms with Gasteiger partial charge in [-0.3, -0.25) is 0 Å². The molecular formula is C28H29N3O. The highest BCUT2D eigenvalue weighted by Crippen LogP contribution is 2.49. The number of para-hydroxylation sites is 1. The Morgan fingerprint density at radius 3 is 2.25 bits per heavy atom. The molecule has 1 fully saturated rings. The monoisotopic (exact) mass is 423 g/mol. The highest BCUT2D eigenvalue weighted by molar-refractivity contribution is 6.02. The fourth-order valence-corrected chi connectivity index (χ4v) is 5.44. The fourth-order valence-electron chi connectivity index (χ4n) is 5.44. The van der Waals surface area contributed by atoms with Crippen LogP contribution in [0.25, 0.3) is 11.1 Å². The Kier molecular flexibility index (Phi) is 4.76. The van der Waals surface area contributed by atoms with Crippen molar-refractivity contribution < 1.29 is 4.74 Å². The smallest absolute Gasteiger partial charge is 0.200 e. The fraction of sp³-hybridized carbons (Fsp3) is 0.321. The molecule has 0 amide bonds. The van der Waals surface area contributed by atoms with Gasteiger partial charge in [-0.05, 0) is 29.3 Å². The summed E-state index contributed by atoms with van der Waals surface area (Å²) in [6, 6.07) is 28.2. The van der Waals surface area contributed by atoms with Gasteiger partial charge >= 0.3 is 0 Å². The van der Waals surface area contributed by atoms with Crippen LogP contribution < -0.4 is 4.74 Å². The number of nitrogens with zero attached hydrogens (tertiary/aromatic N) is 3. The van der Waals surface area contributed by atoms with Gasteiger partial charge in [0.25, 0.3) is 0 Å². The van der Waals surface area contributed by atoms with E-state index in [2.05, 4.69) is 95.7 Å². The van der Waals surface area contributed by atoms with Gasteiger partial charge in [-0.1, -0.05) is 79.7 Å². The molecule has 3 aliphatic heterocycles. The largest absolute Gasteiger partial charge is 0.466 e. The van der Waals surface area contributed by atoms with Gasteiger partial charge in [-0.15, -0.1) is 0 Å². The zero-order chi connectivity index (χ0) is 21.5. The second-order valence-electron chi connectivity index (χ2n) is 9.07. The highest BCUT2D eigenvalue weighted by Gasteiger charge is 2.51. The van der Waals surface area contributed by atoms with E-state index < -0.39 is 0 Å². The number of benzene rings is 3. The number of likely N-dealkylation sites (tertiary alicyclic amines) is 1. The van der Waals surface area contributed by atoms with E-state index in [9.17, 15) is 0 Å². The number of fused-ring (bicyclic) bond motifs is 4. The highest BCUT2D eigenvalue weighted by atomic mass is 16.5. The molecule has 6 rings (SSSR count). The van der Waals surface area contributed by atoms with Crippen molar-refractivity contribution in [2.24, 2.45) is 5.10 Å². The van der Waals surface area contributed by atoms with Gasteiger partial charge in [0.2, 0.25) is 5.72 Å². The quantitative estimate of drug-likeness (QED) is 0.540. The summed E-state index contributed by atoms with van der Waals surface area (Å²) in [5.41, 5.74) is 5.77. The third-order valence-electron chi connectivity index (χ3n) is 7.32. The van der Waals surface area contributed by atoms with Crippen molar-refractivity contribution in [1.82, 2.24) is 9.91 Å². The Hall–Kier alpha value is -3.11. The third kappa shape index (κ3) is 3.21. The SMILES string of the molecule is CCN1CCC2(CC1)Oc1ccccc1C1CC(c3ccc(-c4ccccc4)cc3)=NN12. The van der Waals surface area contributed by atoms with E-state index in [0.29, 0.717) is 0 Å². The van der Waals surface area contributed by atoms with Crippen molar-refractivity contribution in [3.63, 3.8) is 0 Å². The summed E-state index contributed by atoms with van der Waals surface area (Å²) in [6.45, 7) is 5.44. The Labute approximate surface area is 190 Å². The van der Waals surface area contributed by atoms with E-state index in [4.69, 9.17) is 9.84 Å². The summed E-state index contributed by atoms with van der Waals surface area (Å²) in [5, 5.41) is 7.52. The second-order valence-corrected chi connectivity index (χ2v) is 9.07. The molecule has 0 aromatic heterocycles. The van der Waals surface area contributed by atoms with Crippen LogP contribution in [0.4, 0.5) is 0 Å². The Balaban J connectivity index is 1.34. The average Bonchev–Trinajstić information content (AvgIpc) is 3.32. The first-order valence-electron chi connectivity index (χ1n) is 11.8. The zero-order valence-electron chi connectivity index (χ0n) is 18.6. The van der Waals surface area contributed by atoms with Crippen LogP contribution in [0.3, 0.4) is 0 Å². The molecule has 32 heavy (non-hydrogen) atoms. The predicted molar refractivity (Wildman–Crippen MR) is 129 cm³/mol. The maximum absolute atomic E-state index is 6.72. The number of piperidine rings is 1. The summed E-state index contributed by atoms with van der Waals surface area (Å²) >= 11 is 0. The summed E-state index contributed by atoms with van der Waals surface area (Å²) < 4.78 is 6.72. The molecule has 3 aromatic rings. The zero-order valence-corrected chi connectivity index (χ0v) is 18.6. The molecule has 3 aromatic carbocycles. The first-order chi connectivity index (χ1) is 15.8. The lowest BCUT2D eigenvalue weighted by Gasteiger charge is -2.51. The average molecular weight is 424 g/mol. The van der Waals surface area contributed by atoms with Crippen LogP contribution in [0.5, 0.6) is 5.75 Å². The summed E-state index contributed by atoms with van der Waals surface area (Å²) in [6.07, 6.45) is 2.88. The van der Waals surface area contributed by atoms with Crippen molar-refractivity contribution >= 4 is 5.71 Å². The van der Waals surface area contributed by atoms with Gasteiger partial charge in [0.15, 0.2) is 0 Å². The molecule has 1 spiro atoms. The van der Waals surface area contributed by atoms with Crippen molar-refractivity contribution in [3.8, 4) is 16.9 Å². The van der Waals surface area contributed by atoms with E-state index in [1.54, 1.807) is 0 Å². The van der Waals surface area contributed by atoms with E-state index in [0.717, 1.165) is 50.4 Å². The lowest BCUT2D eigenvalue weighted by atomic mass is 9.90. The van der Waals surface area contributed by atoms with Crippen LogP contribution in [0, 0.1) is 0 Å². The minimum Gasteiger partial charge on any atom is -0.466 e. The normalized spacial score (nSPS) is 21.6. The number of hydrogen-bond acceptors (Lipinski definition) is 4. The van der Waals surface area contributed by atoms with Crippen molar-refractivity contribution in [2.45, 2.75) is 38.0 Å². The van der Waals surface area contributed by atoms with Crippen molar-refractivity contribution in [2.75, 3.05) is 19.6 Å².